The molecule has 0 aliphatic heterocycles. The van der Waals surface area contributed by atoms with E-state index in [4.69, 9.17) is 0 Å². The molecule has 0 aliphatic rings. The molecule has 0 saturated heterocycles. The van der Waals surface area contributed by atoms with Crippen molar-refractivity contribution in [1.82, 2.24) is 5.32 Å². The van der Waals surface area contributed by atoms with E-state index < -0.39 is 0 Å². The number of aliphatic hydroxyl groups excluding tert-OH is 1. The molecular weight excluding hydrogens is 210 g/mol. The zero-order valence-corrected chi connectivity index (χ0v) is 11.2. The fraction of sp³-hybridized carbons (Fsp3) is 0.600. The van der Waals surface area contributed by atoms with Crippen molar-refractivity contribution in [3.63, 3.8) is 0 Å². The Bertz CT molecular complexity index is 303. The van der Waals surface area contributed by atoms with Crippen LogP contribution in [0.25, 0.3) is 0 Å². The second-order valence-corrected chi connectivity index (χ2v) is 4.61. The van der Waals surface area contributed by atoms with Crippen LogP contribution in [-0.4, -0.2) is 18.8 Å². The second-order valence-electron chi connectivity index (χ2n) is 4.61. The minimum atomic E-state index is 0.235. The fourth-order valence-electron chi connectivity index (χ4n) is 2.33. The lowest BCUT2D eigenvalue weighted by Crippen LogP contribution is -2.27. The molecule has 2 atom stereocenters. The SMILES string of the molecule is CCCc1ccc(C(NC)C(CC)CO)cc1. The molecule has 0 aromatic heterocycles. The maximum atomic E-state index is 9.39. The van der Waals surface area contributed by atoms with E-state index in [9.17, 15) is 5.11 Å². The smallest absolute Gasteiger partial charge is 0.0477 e. The van der Waals surface area contributed by atoms with Crippen molar-refractivity contribution in [2.24, 2.45) is 5.92 Å². The van der Waals surface area contributed by atoms with Crippen LogP contribution in [0.3, 0.4) is 0 Å². The van der Waals surface area contributed by atoms with Gasteiger partial charge in [0, 0.05) is 18.6 Å². The standard InChI is InChI=1S/C15H25NO/c1-4-6-12-7-9-14(10-8-12)15(16-3)13(5-2)11-17/h7-10,13,15-17H,4-6,11H2,1-3H3. The van der Waals surface area contributed by atoms with Gasteiger partial charge in [-0.25, -0.2) is 0 Å². The van der Waals surface area contributed by atoms with Gasteiger partial charge in [0.2, 0.25) is 0 Å². The topological polar surface area (TPSA) is 32.3 Å². The van der Waals surface area contributed by atoms with Gasteiger partial charge in [0.05, 0.1) is 0 Å². The number of nitrogens with one attached hydrogen (secondary N) is 1. The minimum Gasteiger partial charge on any atom is -0.396 e. The Balaban J connectivity index is 2.81. The summed E-state index contributed by atoms with van der Waals surface area (Å²) < 4.78 is 0. The Morgan fingerprint density at radius 1 is 1.18 bits per heavy atom. The van der Waals surface area contributed by atoms with Gasteiger partial charge in [-0.15, -0.1) is 0 Å². The summed E-state index contributed by atoms with van der Waals surface area (Å²) in [6, 6.07) is 9.02. The second kappa shape index (κ2) is 7.46. The van der Waals surface area contributed by atoms with Crippen LogP contribution in [0.1, 0.15) is 43.9 Å². The molecule has 0 saturated carbocycles. The first-order valence-corrected chi connectivity index (χ1v) is 6.63. The van der Waals surface area contributed by atoms with E-state index in [1.165, 1.54) is 17.5 Å². The van der Waals surface area contributed by atoms with Crippen molar-refractivity contribution in [3.8, 4) is 0 Å². The van der Waals surface area contributed by atoms with E-state index >= 15 is 0 Å². The molecule has 2 N–H and O–H groups in total. The summed E-state index contributed by atoms with van der Waals surface area (Å²) in [5.41, 5.74) is 2.66. The zero-order valence-electron chi connectivity index (χ0n) is 11.2. The quantitative estimate of drug-likeness (QED) is 0.761. The molecule has 0 amide bonds. The number of hydrogen-bond donors (Lipinski definition) is 2. The van der Waals surface area contributed by atoms with Crippen molar-refractivity contribution >= 4 is 0 Å². The van der Waals surface area contributed by atoms with Gasteiger partial charge in [-0.3, -0.25) is 0 Å². The van der Waals surface area contributed by atoms with Crippen LogP contribution in [-0.2, 0) is 6.42 Å². The van der Waals surface area contributed by atoms with Gasteiger partial charge in [-0.1, -0.05) is 44.5 Å². The van der Waals surface area contributed by atoms with E-state index in [1.807, 2.05) is 7.05 Å². The van der Waals surface area contributed by atoms with Crippen LogP contribution in [0, 0.1) is 5.92 Å². The van der Waals surface area contributed by atoms with E-state index in [0.29, 0.717) is 0 Å². The number of aryl methyl sites for hydroxylation is 1. The third-order valence-corrected chi connectivity index (χ3v) is 3.42. The zero-order chi connectivity index (χ0) is 12.7. The van der Waals surface area contributed by atoms with Crippen molar-refractivity contribution in [3.05, 3.63) is 35.4 Å². The molecule has 0 radical (unpaired) electrons. The minimum absolute atomic E-state index is 0.235. The Hall–Kier alpha value is -0.860. The first-order chi connectivity index (χ1) is 8.26. The first-order valence-electron chi connectivity index (χ1n) is 6.63. The highest BCUT2D eigenvalue weighted by Crippen LogP contribution is 2.24. The molecule has 0 aliphatic carbocycles. The van der Waals surface area contributed by atoms with Gasteiger partial charge in [0.25, 0.3) is 0 Å². The lowest BCUT2D eigenvalue weighted by Gasteiger charge is -2.24. The van der Waals surface area contributed by atoms with Crippen molar-refractivity contribution in [2.75, 3.05) is 13.7 Å². The van der Waals surface area contributed by atoms with Gasteiger partial charge in [-0.05, 0) is 31.0 Å². The molecule has 17 heavy (non-hydrogen) atoms. The van der Waals surface area contributed by atoms with Gasteiger partial charge in [0.15, 0.2) is 0 Å². The molecule has 0 heterocycles. The molecule has 2 heteroatoms. The van der Waals surface area contributed by atoms with E-state index in [1.54, 1.807) is 0 Å². The molecule has 0 spiro atoms. The van der Waals surface area contributed by atoms with Crippen LogP contribution in [0.5, 0.6) is 0 Å². The summed E-state index contributed by atoms with van der Waals surface area (Å²) in [4.78, 5) is 0. The maximum absolute atomic E-state index is 9.39. The highest BCUT2D eigenvalue weighted by atomic mass is 16.3. The summed E-state index contributed by atoms with van der Waals surface area (Å²) in [6.45, 7) is 4.55. The average molecular weight is 235 g/mol. The molecule has 96 valence electrons. The Kier molecular flexibility index (Phi) is 6.23. The summed E-state index contributed by atoms with van der Waals surface area (Å²) >= 11 is 0. The molecule has 1 aromatic carbocycles. The van der Waals surface area contributed by atoms with Gasteiger partial charge in [-0.2, -0.15) is 0 Å². The maximum Gasteiger partial charge on any atom is 0.0477 e. The monoisotopic (exact) mass is 235 g/mol. The van der Waals surface area contributed by atoms with Gasteiger partial charge < -0.3 is 10.4 Å². The number of benzene rings is 1. The summed E-state index contributed by atoms with van der Waals surface area (Å²) in [5.74, 6) is 0.289. The molecular formula is C15H25NO. The number of aliphatic hydroxyl groups is 1. The molecule has 2 unspecified atom stereocenters. The van der Waals surface area contributed by atoms with E-state index in [-0.39, 0.29) is 18.6 Å². The predicted molar refractivity (Wildman–Crippen MR) is 73.1 cm³/mol. The van der Waals surface area contributed by atoms with Crippen LogP contribution in [0.15, 0.2) is 24.3 Å². The lowest BCUT2D eigenvalue weighted by atomic mass is 9.91. The molecule has 1 rings (SSSR count). The van der Waals surface area contributed by atoms with E-state index in [0.717, 1.165) is 12.8 Å². The number of hydrogen-bond acceptors (Lipinski definition) is 2. The third kappa shape index (κ3) is 3.83. The highest BCUT2D eigenvalue weighted by molar-refractivity contribution is 5.25. The molecule has 1 aromatic rings. The molecule has 2 nitrogen and oxygen atoms in total. The van der Waals surface area contributed by atoms with Crippen molar-refractivity contribution < 1.29 is 5.11 Å². The average Bonchev–Trinajstić information content (AvgIpc) is 2.37. The van der Waals surface area contributed by atoms with Crippen molar-refractivity contribution in [1.29, 1.82) is 0 Å². The Morgan fingerprint density at radius 2 is 1.82 bits per heavy atom. The normalized spacial score (nSPS) is 14.6. The fourth-order valence-corrected chi connectivity index (χ4v) is 2.33. The largest absolute Gasteiger partial charge is 0.396 e. The third-order valence-electron chi connectivity index (χ3n) is 3.42. The van der Waals surface area contributed by atoms with Crippen LogP contribution in [0.4, 0.5) is 0 Å². The van der Waals surface area contributed by atoms with Crippen LogP contribution in [0.2, 0.25) is 0 Å². The van der Waals surface area contributed by atoms with Gasteiger partial charge in [0.1, 0.15) is 0 Å². The van der Waals surface area contributed by atoms with E-state index in [2.05, 4.69) is 43.4 Å². The van der Waals surface area contributed by atoms with Crippen molar-refractivity contribution in [2.45, 2.75) is 39.2 Å². The lowest BCUT2D eigenvalue weighted by molar-refractivity contribution is 0.189. The predicted octanol–water partition coefficient (Wildman–Crippen LogP) is 2.92. The summed E-state index contributed by atoms with van der Waals surface area (Å²) in [6.07, 6.45) is 3.31. The van der Waals surface area contributed by atoms with Gasteiger partial charge >= 0.3 is 0 Å². The number of rotatable bonds is 7. The van der Waals surface area contributed by atoms with Crippen LogP contribution >= 0.6 is 0 Å². The molecule has 0 bridgehead atoms. The Labute approximate surface area is 105 Å². The first kappa shape index (κ1) is 14.2. The highest BCUT2D eigenvalue weighted by Gasteiger charge is 2.19. The van der Waals surface area contributed by atoms with Crippen LogP contribution < -0.4 is 5.32 Å². The summed E-state index contributed by atoms with van der Waals surface area (Å²) in [7, 11) is 1.96. The Morgan fingerprint density at radius 3 is 2.24 bits per heavy atom. The summed E-state index contributed by atoms with van der Waals surface area (Å²) in [5, 5.41) is 12.7. The molecule has 0 fully saturated rings.